The molecule has 0 saturated carbocycles. The van der Waals surface area contributed by atoms with Crippen molar-refractivity contribution in [1.29, 1.82) is 0 Å². The van der Waals surface area contributed by atoms with Crippen molar-refractivity contribution in [3.63, 3.8) is 0 Å². The molecule has 0 radical (unpaired) electrons. The average Bonchev–Trinajstić information content (AvgIpc) is 3.31. The normalized spacial score (nSPS) is 19.3. The van der Waals surface area contributed by atoms with E-state index in [1.165, 1.54) is 5.56 Å². The third-order valence-corrected chi connectivity index (χ3v) is 12.4. The molecular weight excluding hydrogens is 853 g/mol. The Morgan fingerprint density at radius 3 is 1.64 bits per heavy atom. The number of fused-ring (bicyclic) bond motifs is 2. The average molecular weight is 923 g/mol. The SMILES string of the molecule is C.C.CCNC(=O)Nc1ccc(-c2nc3c(c(N4CCOC[C@@H]4C)n2)CCN(C(=O)C2(C)COC2)C3)cc1.CCNC(=O)Nc1ccc(-c2nc3c(c(N4CCOC[C@@H]4C)n2)CCNC3)cc1. The Bertz CT molecular complexity index is 2330. The first-order valence-electron chi connectivity index (χ1n) is 22.9. The smallest absolute Gasteiger partial charge is 0.319 e. The van der Waals surface area contributed by atoms with Crippen LogP contribution in [0.3, 0.4) is 0 Å². The van der Waals surface area contributed by atoms with E-state index in [1.54, 1.807) is 0 Å². The molecule has 9 rings (SSSR count). The van der Waals surface area contributed by atoms with Gasteiger partial charge in [-0.1, -0.05) is 14.9 Å². The van der Waals surface area contributed by atoms with Crippen molar-refractivity contribution in [1.82, 2.24) is 40.8 Å². The van der Waals surface area contributed by atoms with E-state index in [4.69, 9.17) is 34.1 Å². The molecular formula is C49H70N12O6. The lowest BCUT2D eigenvalue weighted by Crippen LogP contribution is -2.54. The molecule has 18 nitrogen and oxygen atoms in total. The van der Waals surface area contributed by atoms with E-state index in [2.05, 4.69) is 50.2 Å². The number of aromatic nitrogens is 4. The fourth-order valence-corrected chi connectivity index (χ4v) is 8.73. The first-order chi connectivity index (χ1) is 31.5. The molecule has 67 heavy (non-hydrogen) atoms. The molecule has 362 valence electrons. The third-order valence-electron chi connectivity index (χ3n) is 12.4. The molecule has 0 bridgehead atoms. The van der Waals surface area contributed by atoms with E-state index >= 15 is 0 Å². The van der Waals surface area contributed by atoms with Gasteiger partial charge in [0.1, 0.15) is 11.6 Å². The summed E-state index contributed by atoms with van der Waals surface area (Å²) in [6.45, 7) is 19.3. The number of morpholine rings is 2. The molecule has 18 heteroatoms. The Labute approximate surface area is 395 Å². The predicted molar refractivity (Wildman–Crippen MR) is 263 cm³/mol. The Morgan fingerprint density at radius 2 is 1.18 bits per heavy atom. The number of hydrogen-bond acceptors (Lipinski definition) is 13. The van der Waals surface area contributed by atoms with Gasteiger partial charge in [0.25, 0.3) is 0 Å². The lowest BCUT2D eigenvalue weighted by atomic mass is 9.86. The number of ether oxygens (including phenoxy) is 3. The van der Waals surface area contributed by atoms with E-state index in [9.17, 15) is 14.4 Å². The van der Waals surface area contributed by atoms with Crippen molar-refractivity contribution in [3.8, 4) is 22.8 Å². The van der Waals surface area contributed by atoms with Crippen LogP contribution in [0, 0.1) is 5.41 Å². The molecule has 0 unspecified atom stereocenters. The van der Waals surface area contributed by atoms with Gasteiger partial charge in [-0.15, -0.1) is 0 Å². The Morgan fingerprint density at radius 1 is 0.687 bits per heavy atom. The highest BCUT2D eigenvalue weighted by molar-refractivity contribution is 5.90. The van der Waals surface area contributed by atoms with Crippen LogP contribution in [-0.2, 0) is 44.9 Å². The molecule has 2 aromatic carbocycles. The predicted octanol–water partition coefficient (Wildman–Crippen LogP) is 5.86. The highest BCUT2D eigenvalue weighted by Crippen LogP contribution is 2.36. The van der Waals surface area contributed by atoms with Crippen LogP contribution in [0.25, 0.3) is 22.8 Å². The summed E-state index contributed by atoms with van der Waals surface area (Å²) in [6, 6.07) is 15.2. The minimum Gasteiger partial charge on any atom is -0.379 e. The standard InChI is InChI=1S/C26H34N6O4.C21H28N6O2.2CH4/c1-4-27-25(34)28-19-7-5-18(6-8-19)22-29-21-13-31(24(33)26(3)15-36-16-26)10-9-20(21)23(30-22)32-11-12-35-14-17(32)2;1-3-23-21(28)24-16-6-4-15(5-7-16)19-25-18-12-22-9-8-17(18)20(26-19)27-10-11-29-13-14(27)2;;/h5-8,17H,4,9-16H2,1-3H3,(H2,27,28,34);4-7,14,22H,3,8-13H2,1-2H3,(H2,23,24,28);2*1H4/t17-;14-;;/m00../s1. The number of benzene rings is 2. The zero-order valence-corrected chi connectivity index (χ0v) is 38.2. The van der Waals surface area contributed by atoms with Crippen molar-refractivity contribution in [2.24, 2.45) is 5.41 Å². The minimum absolute atomic E-state index is 0. The summed E-state index contributed by atoms with van der Waals surface area (Å²) in [5.74, 6) is 3.42. The van der Waals surface area contributed by atoms with Crippen LogP contribution in [-0.4, -0.2) is 134 Å². The number of amides is 5. The molecule has 2 atom stereocenters. The fourth-order valence-electron chi connectivity index (χ4n) is 8.73. The molecule has 3 saturated heterocycles. The zero-order valence-electron chi connectivity index (χ0n) is 38.2. The number of rotatable bonds is 9. The van der Waals surface area contributed by atoms with Gasteiger partial charge in [-0.05, 0) is 103 Å². The van der Waals surface area contributed by atoms with Crippen LogP contribution in [0.4, 0.5) is 32.6 Å². The van der Waals surface area contributed by atoms with E-state index in [1.807, 2.05) is 74.2 Å². The Balaban J connectivity index is 0.000000219. The second-order valence-electron chi connectivity index (χ2n) is 17.4. The van der Waals surface area contributed by atoms with E-state index in [0.717, 1.165) is 84.6 Å². The van der Waals surface area contributed by atoms with Crippen molar-refractivity contribution in [2.45, 2.75) is 87.5 Å². The number of anilines is 4. The number of nitrogens with zero attached hydrogens (tertiary/aromatic N) is 7. The largest absolute Gasteiger partial charge is 0.379 e. The van der Waals surface area contributed by atoms with Crippen LogP contribution < -0.4 is 36.4 Å². The summed E-state index contributed by atoms with van der Waals surface area (Å²) in [4.78, 5) is 63.2. The quantitative estimate of drug-likeness (QED) is 0.134. The van der Waals surface area contributed by atoms with E-state index in [0.29, 0.717) is 83.0 Å². The number of urea groups is 2. The van der Waals surface area contributed by atoms with Gasteiger partial charge in [0.15, 0.2) is 11.6 Å². The lowest BCUT2D eigenvalue weighted by molar-refractivity contribution is -0.169. The minimum atomic E-state index is -0.443. The molecule has 5 amide bonds. The number of carbonyl (C=O) groups excluding carboxylic acids is 3. The Kier molecular flexibility index (Phi) is 17.1. The Hall–Kier alpha value is -5.95. The van der Waals surface area contributed by atoms with Crippen LogP contribution in [0.15, 0.2) is 48.5 Å². The van der Waals surface area contributed by atoms with Gasteiger partial charge < -0.3 is 55.5 Å². The van der Waals surface area contributed by atoms with Gasteiger partial charge in [-0.3, -0.25) is 4.79 Å². The number of nitrogens with one attached hydrogen (secondary N) is 5. The molecule has 7 heterocycles. The lowest BCUT2D eigenvalue weighted by Gasteiger charge is -2.42. The molecule has 5 aliphatic heterocycles. The number of carbonyl (C=O) groups is 3. The molecule has 5 aliphatic rings. The van der Waals surface area contributed by atoms with Gasteiger partial charge in [-0.25, -0.2) is 29.5 Å². The first-order valence-corrected chi connectivity index (χ1v) is 22.9. The summed E-state index contributed by atoms with van der Waals surface area (Å²) in [5.41, 5.74) is 7.09. The van der Waals surface area contributed by atoms with Gasteiger partial charge >= 0.3 is 12.1 Å². The maximum Gasteiger partial charge on any atom is 0.319 e. The van der Waals surface area contributed by atoms with Crippen LogP contribution in [0.2, 0.25) is 0 Å². The third kappa shape index (κ3) is 11.6. The van der Waals surface area contributed by atoms with Gasteiger partial charge in [0.05, 0.1) is 75.1 Å². The molecule has 0 aliphatic carbocycles. The number of hydrogen-bond donors (Lipinski definition) is 5. The van der Waals surface area contributed by atoms with Crippen molar-refractivity contribution >= 4 is 41.0 Å². The van der Waals surface area contributed by atoms with Gasteiger partial charge in [-0.2, -0.15) is 0 Å². The molecule has 5 N–H and O–H groups in total. The molecule has 0 spiro atoms. The van der Waals surface area contributed by atoms with Gasteiger partial charge in [0.2, 0.25) is 5.91 Å². The monoisotopic (exact) mass is 923 g/mol. The maximum atomic E-state index is 13.2. The van der Waals surface area contributed by atoms with E-state index < -0.39 is 5.41 Å². The highest BCUT2D eigenvalue weighted by Gasteiger charge is 2.44. The second-order valence-corrected chi connectivity index (χ2v) is 17.4. The summed E-state index contributed by atoms with van der Waals surface area (Å²) in [5, 5.41) is 14.5. The first kappa shape index (κ1) is 50.5. The van der Waals surface area contributed by atoms with Crippen LogP contribution >= 0.6 is 0 Å². The second kappa shape index (κ2) is 22.7. The molecule has 4 aromatic rings. The maximum absolute atomic E-state index is 13.2. The van der Waals surface area contributed by atoms with Crippen LogP contribution in [0.1, 0.15) is 72.0 Å². The molecule has 3 fully saturated rings. The van der Waals surface area contributed by atoms with Crippen molar-refractivity contribution in [2.75, 3.05) is 99.3 Å². The van der Waals surface area contributed by atoms with Crippen molar-refractivity contribution < 1.29 is 28.6 Å². The summed E-state index contributed by atoms with van der Waals surface area (Å²) in [7, 11) is 0. The highest BCUT2D eigenvalue weighted by atomic mass is 16.5. The topological polar surface area (TPSA) is 200 Å². The van der Waals surface area contributed by atoms with Crippen LogP contribution in [0.5, 0.6) is 0 Å². The zero-order chi connectivity index (χ0) is 45.5. The van der Waals surface area contributed by atoms with Gasteiger partial charge in [0, 0.05) is 72.9 Å². The van der Waals surface area contributed by atoms with Crippen molar-refractivity contribution in [3.05, 3.63) is 71.0 Å². The molecule has 2 aromatic heterocycles. The summed E-state index contributed by atoms with van der Waals surface area (Å²) >= 11 is 0. The fraction of sp³-hybridized carbons (Fsp3) is 0.531. The summed E-state index contributed by atoms with van der Waals surface area (Å²) in [6.07, 6.45) is 1.65. The summed E-state index contributed by atoms with van der Waals surface area (Å²) < 4.78 is 16.6. The van der Waals surface area contributed by atoms with E-state index in [-0.39, 0.29) is 44.9 Å².